The van der Waals surface area contributed by atoms with E-state index in [0.29, 0.717) is 5.69 Å². The van der Waals surface area contributed by atoms with E-state index in [1.165, 1.54) is 17.4 Å². The molecule has 1 atom stereocenters. The first-order chi connectivity index (χ1) is 9.97. The van der Waals surface area contributed by atoms with Crippen molar-refractivity contribution < 1.29 is 13.2 Å². The molecule has 1 aliphatic rings. The molecular formula is C14H14N2O3S2. The number of thiophene rings is 1. The van der Waals surface area contributed by atoms with E-state index in [4.69, 9.17) is 0 Å². The van der Waals surface area contributed by atoms with Crippen LogP contribution >= 0.6 is 11.3 Å². The van der Waals surface area contributed by atoms with Gasteiger partial charge in [-0.15, -0.1) is 11.3 Å². The van der Waals surface area contributed by atoms with Gasteiger partial charge in [-0.1, -0.05) is 6.07 Å². The summed E-state index contributed by atoms with van der Waals surface area (Å²) in [6, 6.07) is 8.46. The normalized spacial score (nSPS) is 17.6. The van der Waals surface area contributed by atoms with Crippen molar-refractivity contribution >= 4 is 33.0 Å². The Balaban J connectivity index is 1.85. The number of hydrogen-bond acceptors (Lipinski definition) is 4. The number of benzene rings is 1. The van der Waals surface area contributed by atoms with Crippen molar-refractivity contribution in [1.82, 2.24) is 4.72 Å². The second-order valence-electron chi connectivity index (χ2n) is 4.86. The van der Waals surface area contributed by atoms with Gasteiger partial charge in [-0.25, -0.2) is 13.1 Å². The third kappa shape index (κ3) is 2.72. The highest BCUT2D eigenvalue weighted by Gasteiger charge is 2.28. The van der Waals surface area contributed by atoms with Crippen LogP contribution in [0.25, 0.3) is 0 Å². The van der Waals surface area contributed by atoms with Gasteiger partial charge in [0.05, 0.1) is 10.8 Å². The second-order valence-corrected chi connectivity index (χ2v) is 7.66. The fraction of sp³-hybridized carbons (Fsp3) is 0.214. The number of carbonyl (C=O) groups is 1. The highest BCUT2D eigenvalue weighted by Crippen LogP contribution is 2.33. The molecule has 3 rings (SSSR count). The van der Waals surface area contributed by atoms with Crippen molar-refractivity contribution in [3.8, 4) is 0 Å². The predicted molar refractivity (Wildman–Crippen MR) is 81.8 cm³/mol. The molecule has 21 heavy (non-hydrogen) atoms. The zero-order chi connectivity index (χ0) is 15.0. The van der Waals surface area contributed by atoms with Crippen LogP contribution < -0.4 is 10.0 Å². The molecule has 0 spiro atoms. The van der Waals surface area contributed by atoms with E-state index in [0.717, 1.165) is 10.4 Å². The zero-order valence-electron chi connectivity index (χ0n) is 11.3. The SMILES string of the molecule is C[C@@H]1C(=O)Nc2ccc(S(=O)(=O)NCc3cccs3)cc21. The van der Waals surface area contributed by atoms with Crippen LogP contribution in [-0.4, -0.2) is 14.3 Å². The van der Waals surface area contributed by atoms with E-state index >= 15 is 0 Å². The largest absolute Gasteiger partial charge is 0.325 e. The van der Waals surface area contributed by atoms with E-state index < -0.39 is 10.0 Å². The second kappa shape index (κ2) is 5.25. The molecule has 1 amide bonds. The molecule has 2 heterocycles. The van der Waals surface area contributed by atoms with Crippen LogP contribution in [0.2, 0.25) is 0 Å². The monoisotopic (exact) mass is 322 g/mol. The standard InChI is InChI=1S/C14H14N2O3S2/c1-9-12-7-11(4-5-13(12)16-14(9)17)21(18,19)15-8-10-3-2-6-20-10/h2-7,9,15H,8H2,1H3,(H,16,17)/t9-/m0/s1. The van der Waals surface area contributed by atoms with E-state index in [1.807, 2.05) is 17.5 Å². The number of hydrogen-bond donors (Lipinski definition) is 2. The maximum Gasteiger partial charge on any atom is 0.240 e. The lowest BCUT2D eigenvalue weighted by Crippen LogP contribution is -2.22. The zero-order valence-corrected chi connectivity index (χ0v) is 12.9. The maximum atomic E-state index is 12.3. The minimum atomic E-state index is -3.58. The predicted octanol–water partition coefficient (Wildman–Crippen LogP) is 2.28. The van der Waals surface area contributed by atoms with Crippen LogP contribution in [0.5, 0.6) is 0 Å². The summed E-state index contributed by atoms with van der Waals surface area (Å²) in [6.07, 6.45) is 0. The molecule has 0 aliphatic carbocycles. The molecule has 1 aromatic heterocycles. The highest BCUT2D eigenvalue weighted by atomic mass is 32.2. The number of rotatable bonds is 4. The van der Waals surface area contributed by atoms with E-state index in [-0.39, 0.29) is 23.3 Å². The first-order valence-corrected chi connectivity index (χ1v) is 8.80. The van der Waals surface area contributed by atoms with Gasteiger partial charge in [-0.2, -0.15) is 0 Å². The molecule has 7 heteroatoms. The Labute approximate surface area is 127 Å². The molecule has 1 aromatic carbocycles. The average molecular weight is 322 g/mol. The summed E-state index contributed by atoms with van der Waals surface area (Å²) >= 11 is 1.50. The van der Waals surface area contributed by atoms with Crippen LogP contribution in [-0.2, 0) is 21.4 Å². The molecule has 0 fully saturated rings. The van der Waals surface area contributed by atoms with Crippen LogP contribution in [0, 0.1) is 0 Å². The van der Waals surface area contributed by atoms with Gasteiger partial charge in [0.1, 0.15) is 0 Å². The summed E-state index contributed by atoms with van der Waals surface area (Å²) in [5, 5.41) is 4.63. The Hall–Kier alpha value is -1.70. The lowest BCUT2D eigenvalue weighted by molar-refractivity contribution is -0.116. The van der Waals surface area contributed by atoms with Gasteiger partial charge in [-0.05, 0) is 42.1 Å². The highest BCUT2D eigenvalue weighted by molar-refractivity contribution is 7.89. The van der Waals surface area contributed by atoms with Crippen molar-refractivity contribution in [2.45, 2.75) is 24.3 Å². The number of sulfonamides is 1. The van der Waals surface area contributed by atoms with E-state index in [9.17, 15) is 13.2 Å². The van der Waals surface area contributed by atoms with Gasteiger partial charge in [0.15, 0.2) is 0 Å². The average Bonchev–Trinajstić information content (AvgIpc) is 3.06. The van der Waals surface area contributed by atoms with Crippen molar-refractivity contribution in [2.75, 3.05) is 5.32 Å². The Kier molecular flexibility index (Phi) is 3.56. The Morgan fingerprint density at radius 3 is 2.86 bits per heavy atom. The molecule has 0 saturated carbocycles. The van der Waals surface area contributed by atoms with Crippen LogP contribution in [0.1, 0.15) is 23.3 Å². The topological polar surface area (TPSA) is 75.3 Å². The molecule has 0 saturated heterocycles. The summed E-state index contributed by atoms with van der Waals surface area (Å²) in [6.45, 7) is 2.03. The number of amides is 1. The maximum absolute atomic E-state index is 12.3. The number of fused-ring (bicyclic) bond motifs is 1. The molecule has 0 radical (unpaired) electrons. The van der Waals surface area contributed by atoms with Crippen LogP contribution in [0.4, 0.5) is 5.69 Å². The third-order valence-electron chi connectivity index (χ3n) is 3.47. The fourth-order valence-electron chi connectivity index (χ4n) is 2.22. The molecule has 2 N–H and O–H groups in total. The number of carbonyl (C=O) groups excluding carboxylic acids is 1. The first kappa shape index (κ1) is 14.2. The minimum Gasteiger partial charge on any atom is -0.325 e. The summed E-state index contributed by atoms with van der Waals surface area (Å²) in [4.78, 5) is 12.7. The molecular weight excluding hydrogens is 308 g/mol. The van der Waals surface area contributed by atoms with Crippen molar-refractivity contribution in [1.29, 1.82) is 0 Å². The van der Waals surface area contributed by atoms with Crippen LogP contribution in [0.15, 0.2) is 40.6 Å². The molecule has 0 unspecified atom stereocenters. The summed E-state index contributed by atoms with van der Waals surface area (Å²) in [5.41, 5.74) is 1.41. The van der Waals surface area contributed by atoms with Gasteiger partial charge in [0, 0.05) is 17.1 Å². The molecule has 2 aromatic rings. The smallest absolute Gasteiger partial charge is 0.240 e. The van der Waals surface area contributed by atoms with E-state index in [1.54, 1.807) is 19.1 Å². The van der Waals surface area contributed by atoms with Crippen LogP contribution in [0.3, 0.4) is 0 Å². The fourth-order valence-corrected chi connectivity index (χ4v) is 4.00. The summed E-state index contributed by atoms with van der Waals surface area (Å²) in [7, 11) is -3.58. The molecule has 1 aliphatic heterocycles. The first-order valence-electron chi connectivity index (χ1n) is 6.44. The summed E-state index contributed by atoms with van der Waals surface area (Å²) < 4.78 is 27.2. The van der Waals surface area contributed by atoms with Crippen molar-refractivity contribution in [3.05, 3.63) is 46.2 Å². The quantitative estimate of drug-likeness (QED) is 0.907. The lowest BCUT2D eigenvalue weighted by atomic mass is 10.0. The summed E-state index contributed by atoms with van der Waals surface area (Å²) in [5.74, 6) is -0.432. The van der Waals surface area contributed by atoms with Gasteiger partial charge in [-0.3, -0.25) is 4.79 Å². The molecule has 0 bridgehead atoms. The number of nitrogens with one attached hydrogen (secondary N) is 2. The van der Waals surface area contributed by atoms with Gasteiger partial charge >= 0.3 is 0 Å². The van der Waals surface area contributed by atoms with Gasteiger partial charge in [0.2, 0.25) is 15.9 Å². The van der Waals surface area contributed by atoms with E-state index in [2.05, 4.69) is 10.0 Å². The Bertz CT molecular complexity index is 783. The van der Waals surface area contributed by atoms with Gasteiger partial charge < -0.3 is 5.32 Å². The Morgan fingerprint density at radius 1 is 1.33 bits per heavy atom. The molecule has 110 valence electrons. The minimum absolute atomic E-state index is 0.105. The van der Waals surface area contributed by atoms with Crippen molar-refractivity contribution in [3.63, 3.8) is 0 Å². The van der Waals surface area contributed by atoms with Crippen molar-refractivity contribution in [2.24, 2.45) is 0 Å². The third-order valence-corrected chi connectivity index (χ3v) is 5.74. The Morgan fingerprint density at radius 2 is 2.14 bits per heavy atom. The number of anilines is 1. The molecule has 5 nitrogen and oxygen atoms in total. The lowest BCUT2D eigenvalue weighted by Gasteiger charge is -2.08. The van der Waals surface area contributed by atoms with Gasteiger partial charge in [0.25, 0.3) is 0 Å².